The van der Waals surface area contributed by atoms with Gasteiger partial charge in [0.1, 0.15) is 0 Å². The number of unbranched alkanes of at least 4 members (excludes halogenated alkanes) is 3. The molecular weight excluding hydrogens is 137 g/mol. The molecule has 0 saturated carbocycles. The predicted octanol–water partition coefficient (Wildman–Crippen LogP) is 2.40. The molecule has 0 unspecified atom stereocenters. The fourth-order valence-corrected chi connectivity index (χ4v) is 0.427. The fourth-order valence-electron chi connectivity index (χ4n) is 0.427. The molecule has 0 heterocycles. The Labute approximate surface area is 59.4 Å². The quantitative estimate of drug-likeness (QED) is 0.329. The summed E-state index contributed by atoms with van der Waals surface area (Å²) in [5.74, 6) is 0. The topological polar surface area (TPSA) is 0 Å². The maximum atomic E-state index is 3.72. The molecule has 0 bridgehead atoms. The molecule has 0 aliphatic rings. The minimum absolute atomic E-state index is 0. The molecule has 40 valence electrons. The van der Waals surface area contributed by atoms with Crippen molar-refractivity contribution in [3.63, 3.8) is 0 Å². The summed E-state index contributed by atoms with van der Waals surface area (Å²) in [4.78, 5) is 0. The van der Waals surface area contributed by atoms with Gasteiger partial charge in [0.15, 0.2) is 0 Å². The van der Waals surface area contributed by atoms with Gasteiger partial charge in [0.2, 0.25) is 0 Å². The average Bonchev–Trinajstić information content (AvgIpc) is 1.61. The standard InChI is InChI=1S/C6H13.Zn/c1-3-5-6-4-2;/h1,3-6H2,2H3;/q-1;. The van der Waals surface area contributed by atoms with E-state index in [9.17, 15) is 0 Å². The van der Waals surface area contributed by atoms with E-state index in [0.717, 1.165) is 6.42 Å². The molecule has 0 aromatic carbocycles. The van der Waals surface area contributed by atoms with Crippen LogP contribution in [0.25, 0.3) is 0 Å². The van der Waals surface area contributed by atoms with Gasteiger partial charge in [-0.3, -0.25) is 0 Å². The van der Waals surface area contributed by atoms with E-state index in [1.54, 1.807) is 0 Å². The zero-order chi connectivity index (χ0) is 4.83. The number of rotatable bonds is 3. The molecule has 0 aliphatic carbocycles. The predicted molar refractivity (Wildman–Crippen MR) is 29.5 cm³/mol. The van der Waals surface area contributed by atoms with Crippen molar-refractivity contribution in [2.75, 3.05) is 0 Å². The van der Waals surface area contributed by atoms with Crippen LogP contribution in [0, 0.1) is 6.92 Å². The second-order valence-corrected chi connectivity index (χ2v) is 1.56. The summed E-state index contributed by atoms with van der Waals surface area (Å²) in [5.41, 5.74) is 0. The molecule has 0 aromatic heterocycles. The van der Waals surface area contributed by atoms with Crippen LogP contribution in [0.4, 0.5) is 0 Å². The fraction of sp³-hybridized carbons (Fsp3) is 0.833. The van der Waals surface area contributed by atoms with E-state index in [0.29, 0.717) is 0 Å². The monoisotopic (exact) mass is 149 g/mol. The molecule has 0 rings (SSSR count). The van der Waals surface area contributed by atoms with Crippen LogP contribution >= 0.6 is 0 Å². The van der Waals surface area contributed by atoms with Crippen molar-refractivity contribution in [1.82, 2.24) is 0 Å². The van der Waals surface area contributed by atoms with Gasteiger partial charge in [0.05, 0.1) is 0 Å². The van der Waals surface area contributed by atoms with Crippen LogP contribution in [0.5, 0.6) is 0 Å². The Morgan fingerprint density at radius 3 is 2.00 bits per heavy atom. The summed E-state index contributed by atoms with van der Waals surface area (Å²) in [5, 5.41) is 0. The molecular formula is C6H13Zn-. The molecule has 0 N–H and O–H groups in total. The van der Waals surface area contributed by atoms with E-state index in [1.165, 1.54) is 19.3 Å². The van der Waals surface area contributed by atoms with E-state index < -0.39 is 0 Å². The van der Waals surface area contributed by atoms with Crippen LogP contribution in [0.2, 0.25) is 0 Å². The summed E-state index contributed by atoms with van der Waals surface area (Å²) in [6.45, 7) is 5.93. The maximum absolute atomic E-state index is 3.72. The van der Waals surface area contributed by atoms with Crippen molar-refractivity contribution in [2.45, 2.75) is 32.6 Å². The normalized spacial score (nSPS) is 7.71. The van der Waals surface area contributed by atoms with Gasteiger partial charge in [0, 0.05) is 19.5 Å². The van der Waals surface area contributed by atoms with Gasteiger partial charge in [0.25, 0.3) is 0 Å². The van der Waals surface area contributed by atoms with Crippen LogP contribution in [-0.2, 0) is 19.5 Å². The van der Waals surface area contributed by atoms with Gasteiger partial charge < -0.3 is 6.92 Å². The van der Waals surface area contributed by atoms with Crippen molar-refractivity contribution < 1.29 is 19.5 Å². The Morgan fingerprint density at radius 2 is 1.86 bits per heavy atom. The Balaban J connectivity index is 0. The second-order valence-electron chi connectivity index (χ2n) is 1.56. The van der Waals surface area contributed by atoms with Gasteiger partial charge in [-0.15, -0.1) is 0 Å². The molecule has 7 heavy (non-hydrogen) atoms. The first-order chi connectivity index (χ1) is 2.91. The van der Waals surface area contributed by atoms with Crippen LogP contribution < -0.4 is 0 Å². The van der Waals surface area contributed by atoms with Gasteiger partial charge in [-0.1, -0.05) is 26.2 Å². The third kappa shape index (κ3) is 10.8. The van der Waals surface area contributed by atoms with Crippen LogP contribution in [0.3, 0.4) is 0 Å². The van der Waals surface area contributed by atoms with Gasteiger partial charge in [-0.05, 0) is 0 Å². The van der Waals surface area contributed by atoms with Gasteiger partial charge >= 0.3 is 0 Å². The van der Waals surface area contributed by atoms with Crippen LogP contribution in [-0.4, -0.2) is 0 Å². The van der Waals surface area contributed by atoms with Crippen molar-refractivity contribution >= 4 is 0 Å². The maximum Gasteiger partial charge on any atom is 0 e. The third-order valence-electron chi connectivity index (χ3n) is 0.854. The minimum atomic E-state index is 0. The Hall–Kier alpha value is 0.623. The van der Waals surface area contributed by atoms with Crippen LogP contribution in [0.1, 0.15) is 32.6 Å². The first-order valence-corrected chi connectivity index (χ1v) is 2.71. The smallest absolute Gasteiger partial charge is 0 e. The van der Waals surface area contributed by atoms with Crippen molar-refractivity contribution in [3.8, 4) is 0 Å². The van der Waals surface area contributed by atoms with Crippen LogP contribution in [0.15, 0.2) is 0 Å². The van der Waals surface area contributed by atoms with E-state index in [4.69, 9.17) is 0 Å². The zero-order valence-corrected chi connectivity index (χ0v) is 8.21. The molecule has 0 fully saturated rings. The van der Waals surface area contributed by atoms with Crippen molar-refractivity contribution in [3.05, 3.63) is 6.92 Å². The second kappa shape index (κ2) is 9.80. The summed E-state index contributed by atoms with van der Waals surface area (Å²) < 4.78 is 0. The Kier molecular flexibility index (Phi) is 14.8. The van der Waals surface area contributed by atoms with E-state index in [2.05, 4.69) is 13.8 Å². The van der Waals surface area contributed by atoms with E-state index in [1.807, 2.05) is 0 Å². The average molecular weight is 151 g/mol. The Bertz CT molecular complexity index is 16.1. The van der Waals surface area contributed by atoms with Crippen molar-refractivity contribution in [2.24, 2.45) is 0 Å². The zero-order valence-electron chi connectivity index (χ0n) is 5.24. The first-order valence-electron chi connectivity index (χ1n) is 2.71. The van der Waals surface area contributed by atoms with E-state index >= 15 is 0 Å². The molecule has 0 nitrogen and oxygen atoms in total. The van der Waals surface area contributed by atoms with Gasteiger partial charge in [-0.25, -0.2) is 0 Å². The molecule has 0 amide bonds. The third-order valence-corrected chi connectivity index (χ3v) is 0.854. The summed E-state index contributed by atoms with van der Waals surface area (Å²) in [6, 6.07) is 0. The number of hydrogen-bond acceptors (Lipinski definition) is 0. The van der Waals surface area contributed by atoms with Crippen molar-refractivity contribution in [1.29, 1.82) is 0 Å². The molecule has 0 spiro atoms. The molecule has 0 atom stereocenters. The van der Waals surface area contributed by atoms with E-state index in [-0.39, 0.29) is 19.5 Å². The molecule has 0 saturated heterocycles. The minimum Gasteiger partial charge on any atom is -0.343 e. The van der Waals surface area contributed by atoms with Gasteiger partial charge in [-0.2, -0.15) is 6.42 Å². The summed E-state index contributed by atoms with van der Waals surface area (Å²) in [6.07, 6.45) is 5.07. The Morgan fingerprint density at radius 1 is 1.29 bits per heavy atom. The SMILES string of the molecule is [CH2-]CCCCC.[Zn]. The molecule has 0 aromatic rings. The molecule has 1 heteroatoms. The summed E-state index contributed by atoms with van der Waals surface area (Å²) >= 11 is 0. The molecule has 0 aliphatic heterocycles. The largest absolute Gasteiger partial charge is 0.343 e. The number of hydrogen-bond donors (Lipinski definition) is 0. The molecule has 0 radical (unpaired) electrons. The first kappa shape index (κ1) is 10.6. The summed E-state index contributed by atoms with van der Waals surface area (Å²) in [7, 11) is 0.